The zero-order valence-corrected chi connectivity index (χ0v) is 11.3. The first-order valence-electron chi connectivity index (χ1n) is 5.74. The number of hydrogen-bond acceptors (Lipinski definition) is 3. The van der Waals surface area contributed by atoms with Crippen LogP contribution in [0.15, 0.2) is 23.2 Å². The van der Waals surface area contributed by atoms with Gasteiger partial charge in [-0.05, 0) is 24.6 Å². The Morgan fingerprint density at radius 2 is 2.22 bits per heavy atom. The van der Waals surface area contributed by atoms with Gasteiger partial charge in [0, 0.05) is 16.3 Å². The lowest BCUT2D eigenvalue weighted by Crippen LogP contribution is -2.16. The average Bonchev–Trinajstić information content (AvgIpc) is 2.34. The third kappa shape index (κ3) is 4.04. The molecule has 0 aliphatic carbocycles. The lowest BCUT2D eigenvalue weighted by atomic mass is 10.0. The molecule has 1 amide bonds. The minimum absolute atomic E-state index is 0.0228. The van der Waals surface area contributed by atoms with Crippen molar-refractivity contribution < 1.29 is 9.53 Å². The predicted octanol–water partition coefficient (Wildman–Crippen LogP) is 2.42. The first-order chi connectivity index (χ1) is 8.58. The average molecular weight is 269 g/mol. The number of methoxy groups -OCH3 is 1. The summed E-state index contributed by atoms with van der Waals surface area (Å²) < 4.78 is 5.28. The highest BCUT2D eigenvalue weighted by Gasteiger charge is 2.10. The Bertz CT molecular complexity index is 458. The minimum atomic E-state index is -0.454. The zero-order valence-electron chi connectivity index (χ0n) is 10.6. The van der Waals surface area contributed by atoms with E-state index in [-0.39, 0.29) is 6.54 Å². The third-order valence-corrected chi connectivity index (χ3v) is 2.62. The maximum atomic E-state index is 10.8. The van der Waals surface area contributed by atoms with Crippen molar-refractivity contribution in [3.8, 4) is 5.75 Å². The summed E-state index contributed by atoms with van der Waals surface area (Å²) in [4.78, 5) is 15.1. The molecule has 4 nitrogen and oxygen atoms in total. The van der Waals surface area contributed by atoms with E-state index in [0.717, 1.165) is 24.1 Å². The van der Waals surface area contributed by atoms with Crippen molar-refractivity contribution in [3.05, 3.63) is 28.8 Å². The fourth-order valence-corrected chi connectivity index (χ4v) is 1.79. The van der Waals surface area contributed by atoms with Gasteiger partial charge in [0.15, 0.2) is 0 Å². The van der Waals surface area contributed by atoms with Crippen LogP contribution < -0.4 is 10.5 Å². The van der Waals surface area contributed by atoms with Crippen molar-refractivity contribution in [2.45, 2.75) is 19.8 Å². The van der Waals surface area contributed by atoms with E-state index in [9.17, 15) is 4.79 Å². The molecule has 0 fully saturated rings. The number of nitrogens with zero attached hydrogens (tertiary/aromatic N) is 1. The van der Waals surface area contributed by atoms with Crippen molar-refractivity contribution in [3.63, 3.8) is 0 Å². The van der Waals surface area contributed by atoms with E-state index in [1.165, 1.54) is 0 Å². The van der Waals surface area contributed by atoms with Gasteiger partial charge < -0.3 is 10.5 Å². The van der Waals surface area contributed by atoms with Crippen molar-refractivity contribution in [2.75, 3.05) is 13.7 Å². The molecule has 1 aromatic carbocycles. The Morgan fingerprint density at radius 3 is 2.78 bits per heavy atom. The fraction of sp³-hybridized carbons (Fsp3) is 0.385. The normalized spacial score (nSPS) is 11.4. The molecule has 0 aliphatic heterocycles. The lowest BCUT2D eigenvalue weighted by Gasteiger charge is -2.11. The second-order valence-corrected chi connectivity index (χ2v) is 4.26. The van der Waals surface area contributed by atoms with Gasteiger partial charge in [0.2, 0.25) is 5.91 Å². The van der Waals surface area contributed by atoms with Crippen LogP contribution in [0, 0.1) is 0 Å². The number of benzene rings is 1. The molecule has 1 rings (SSSR count). The van der Waals surface area contributed by atoms with E-state index >= 15 is 0 Å². The second kappa shape index (κ2) is 7.01. The molecule has 18 heavy (non-hydrogen) atoms. The topological polar surface area (TPSA) is 64.7 Å². The Morgan fingerprint density at radius 1 is 1.50 bits per heavy atom. The van der Waals surface area contributed by atoms with Gasteiger partial charge >= 0.3 is 0 Å². The number of hydrogen-bond donors (Lipinski definition) is 1. The maximum absolute atomic E-state index is 10.8. The van der Waals surface area contributed by atoms with Crippen LogP contribution in [0.2, 0.25) is 5.02 Å². The highest BCUT2D eigenvalue weighted by molar-refractivity contribution is 6.31. The molecule has 0 spiro atoms. The standard InChI is InChI=1S/C13H17ClN2O2/c1-3-4-11(16-8-13(15)17)10-7-9(14)5-6-12(10)18-2/h5-7H,3-4,8H2,1-2H3,(H2,15,17). The molecule has 0 saturated carbocycles. The van der Waals surface area contributed by atoms with E-state index in [1.807, 2.05) is 6.92 Å². The number of rotatable bonds is 6. The predicted molar refractivity (Wildman–Crippen MR) is 73.5 cm³/mol. The summed E-state index contributed by atoms with van der Waals surface area (Å²) in [5.41, 5.74) is 6.71. The number of carbonyl (C=O) groups is 1. The monoisotopic (exact) mass is 268 g/mol. The summed E-state index contributed by atoms with van der Waals surface area (Å²) in [6, 6.07) is 5.32. The van der Waals surface area contributed by atoms with Gasteiger partial charge in [0.05, 0.1) is 7.11 Å². The Kier molecular flexibility index (Phi) is 5.65. The molecule has 0 aliphatic rings. The van der Waals surface area contributed by atoms with Crippen LogP contribution in [-0.2, 0) is 4.79 Å². The first kappa shape index (κ1) is 14.5. The highest BCUT2D eigenvalue weighted by atomic mass is 35.5. The fourth-order valence-electron chi connectivity index (χ4n) is 1.61. The van der Waals surface area contributed by atoms with E-state index in [1.54, 1.807) is 25.3 Å². The second-order valence-electron chi connectivity index (χ2n) is 3.82. The van der Waals surface area contributed by atoms with Crippen molar-refractivity contribution in [2.24, 2.45) is 10.7 Å². The van der Waals surface area contributed by atoms with Gasteiger partial charge in [-0.25, -0.2) is 0 Å². The van der Waals surface area contributed by atoms with E-state index in [4.69, 9.17) is 22.1 Å². The molecular formula is C13H17ClN2O2. The largest absolute Gasteiger partial charge is 0.496 e. The van der Waals surface area contributed by atoms with E-state index in [2.05, 4.69) is 4.99 Å². The lowest BCUT2D eigenvalue weighted by molar-refractivity contribution is -0.116. The number of amides is 1. The molecule has 0 atom stereocenters. The summed E-state index contributed by atoms with van der Waals surface area (Å²) in [5, 5.41) is 0.605. The number of primary amides is 1. The smallest absolute Gasteiger partial charge is 0.239 e. The molecule has 5 heteroatoms. The van der Waals surface area contributed by atoms with E-state index in [0.29, 0.717) is 10.8 Å². The van der Waals surface area contributed by atoms with Crippen molar-refractivity contribution >= 4 is 23.2 Å². The number of ether oxygens (including phenoxy) is 1. The molecule has 2 N–H and O–H groups in total. The Hall–Kier alpha value is -1.55. The minimum Gasteiger partial charge on any atom is -0.496 e. The Balaban J connectivity index is 3.15. The number of halogens is 1. The molecule has 0 saturated heterocycles. The third-order valence-electron chi connectivity index (χ3n) is 2.38. The van der Waals surface area contributed by atoms with Crippen LogP contribution in [0.25, 0.3) is 0 Å². The van der Waals surface area contributed by atoms with Crippen LogP contribution in [0.1, 0.15) is 25.3 Å². The van der Waals surface area contributed by atoms with Gasteiger partial charge in [-0.2, -0.15) is 0 Å². The van der Waals surface area contributed by atoms with Gasteiger partial charge in [-0.1, -0.05) is 24.9 Å². The summed E-state index contributed by atoms with van der Waals surface area (Å²) >= 11 is 5.98. The summed E-state index contributed by atoms with van der Waals surface area (Å²) in [7, 11) is 1.59. The quantitative estimate of drug-likeness (QED) is 0.805. The molecular weight excluding hydrogens is 252 g/mol. The Labute approximate surface area is 112 Å². The van der Waals surface area contributed by atoms with Crippen LogP contribution in [0.3, 0.4) is 0 Å². The molecule has 0 radical (unpaired) electrons. The van der Waals surface area contributed by atoms with Crippen LogP contribution >= 0.6 is 11.6 Å². The summed E-state index contributed by atoms with van der Waals surface area (Å²) in [6.45, 7) is 2.02. The molecule has 1 aromatic rings. The molecule has 0 heterocycles. The molecule has 0 bridgehead atoms. The SMILES string of the molecule is CCCC(=NCC(N)=O)c1cc(Cl)ccc1OC. The molecule has 98 valence electrons. The number of nitrogens with two attached hydrogens (primary N) is 1. The van der Waals surface area contributed by atoms with Gasteiger partial charge in [0.1, 0.15) is 12.3 Å². The number of aliphatic imine (C=N–C) groups is 1. The van der Waals surface area contributed by atoms with Crippen LogP contribution in [-0.4, -0.2) is 25.3 Å². The first-order valence-corrected chi connectivity index (χ1v) is 6.11. The molecule has 0 aromatic heterocycles. The van der Waals surface area contributed by atoms with E-state index < -0.39 is 5.91 Å². The van der Waals surface area contributed by atoms with Crippen LogP contribution in [0.5, 0.6) is 5.75 Å². The van der Waals surface area contributed by atoms with Gasteiger partial charge in [-0.15, -0.1) is 0 Å². The summed E-state index contributed by atoms with van der Waals surface area (Å²) in [5.74, 6) is 0.237. The van der Waals surface area contributed by atoms with Crippen molar-refractivity contribution in [1.82, 2.24) is 0 Å². The maximum Gasteiger partial charge on any atom is 0.239 e. The zero-order chi connectivity index (χ0) is 13.5. The van der Waals surface area contributed by atoms with Gasteiger partial charge in [0.25, 0.3) is 0 Å². The summed E-state index contributed by atoms with van der Waals surface area (Å²) in [6.07, 6.45) is 1.65. The number of carbonyl (C=O) groups excluding carboxylic acids is 1. The van der Waals surface area contributed by atoms with Crippen molar-refractivity contribution in [1.29, 1.82) is 0 Å². The van der Waals surface area contributed by atoms with Crippen LogP contribution in [0.4, 0.5) is 0 Å². The van der Waals surface area contributed by atoms with Gasteiger partial charge in [-0.3, -0.25) is 9.79 Å². The highest BCUT2D eigenvalue weighted by Crippen LogP contribution is 2.24. The molecule has 0 unspecified atom stereocenters.